The summed E-state index contributed by atoms with van der Waals surface area (Å²) in [6, 6.07) is 8.14. The molecule has 0 spiro atoms. The fraction of sp³-hybridized carbons (Fsp3) is 0.222. The van der Waals surface area contributed by atoms with Gasteiger partial charge in [-0.1, -0.05) is 0 Å². The SMILES string of the molecule is COc1ccc(OC)c(C=NNC(=O)[C@@H](C)NS(=O)(=O)c2ccc([N+](=O)[O-])cc2)c1. The maximum atomic E-state index is 12.3. The Kier molecular flexibility index (Phi) is 7.44. The van der Waals surface area contributed by atoms with Crippen LogP contribution in [0.5, 0.6) is 11.5 Å². The monoisotopic (exact) mass is 436 g/mol. The molecule has 1 atom stereocenters. The number of carbonyl (C=O) groups excluding carboxylic acids is 1. The Balaban J connectivity index is 2.04. The first-order valence-corrected chi connectivity index (χ1v) is 9.98. The highest BCUT2D eigenvalue weighted by Crippen LogP contribution is 2.22. The zero-order valence-corrected chi connectivity index (χ0v) is 17.2. The van der Waals surface area contributed by atoms with Gasteiger partial charge in [-0.2, -0.15) is 9.82 Å². The van der Waals surface area contributed by atoms with Gasteiger partial charge in [0.05, 0.1) is 36.3 Å². The van der Waals surface area contributed by atoms with E-state index >= 15 is 0 Å². The average molecular weight is 436 g/mol. The maximum absolute atomic E-state index is 12.3. The molecule has 0 saturated carbocycles. The number of hydrogen-bond donors (Lipinski definition) is 2. The zero-order valence-electron chi connectivity index (χ0n) is 16.4. The van der Waals surface area contributed by atoms with Crippen LogP contribution in [0.1, 0.15) is 12.5 Å². The summed E-state index contributed by atoms with van der Waals surface area (Å²) in [7, 11) is -1.08. The van der Waals surface area contributed by atoms with E-state index in [0.29, 0.717) is 17.1 Å². The van der Waals surface area contributed by atoms with Gasteiger partial charge in [0.25, 0.3) is 11.6 Å². The van der Waals surface area contributed by atoms with E-state index < -0.39 is 26.9 Å². The third-order valence-corrected chi connectivity index (χ3v) is 5.45. The fourth-order valence-electron chi connectivity index (χ4n) is 2.30. The molecule has 0 bridgehead atoms. The summed E-state index contributed by atoms with van der Waals surface area (Å²) in [5.41, 5.74) is 2.53. The number of amides is 1. The van der Waals surface area contributed by atoms with Crippen LogP contribution in [0, 0.1) is 10.1 Å². The molecule has 0 fully saturated rings. The number of nitro benzene ring substituents is 1. The highest BCUT2D eigenvalue weighted by Gasteiger charge is 2.22. The summed E-state index contributed by atoms with van der Waals surface area (Å²) in [6.45, 7) is 1.33. The van der Waals surface area contributed by atoms with Gasteiger partial charge in [-0.3, -0.25) is 14.9 Å². The molecule has 2 aromatic rings. The molecular formula is C18H20N4O7S. The number of hydrogen-bond acceptors (Lipinski definition) is 8. The van der Waals surface area contributed by atoms with Crippen LogP contribution in [0.15, 0.2) is 52.5 Å². The minimum absolute atomic E-state index is 0.211. The summed E-state index contributed by atoms with van der Waals surface area (Å²) in [4.78, 5) is 22.0. The molecule has 2 aromatic carbocycles. The van der Waals surface area contributed by atoms with Crippen LogP contribution >= 0.6 is 0 Å². The molecule has 0 radical (unpaired) electrons. The number of benzene rings is 2. The molecule has 160 valence electrons. The Morgan fingerprint density at radius 3 is 2.40 bits per heavy atom. The molecule has 12 heteroatoms. The lowest BCUT2D eigenvalue weighted by Crippen LogP contribution is -2.43. The lowest BCUT2D eigenvalue weighted by atomic mass is 10.2. The van der Waals surface area contributed by atoms with Crippen molar-refractivity contribution in [1.29, 1.82) is 0 Å². The molecule has 0 saturated heterocycles. The van der Waals surface area contributed by atoms with E-state index in [4.69, 9.17) is 9.47 Å². The number of sulfonamides is 1. The van der Waals surface area contributed by atoms with Crippen LogP contribution in [0.3, 0.4) is 0 Å². The Bertz CT molecular complexity index is 1050. The van der Waals surface area contributed by atoms with Crippen molar-refractivity contribution in [3.05, 3.63) is 58.1 Å². The number of ether oxygens (including phenoxy) is 2. The van der Waals surface area contributed by atoms with Crippen molar-refractivity contribution in [2.45, 2.75) is 17.9 Å². The quantitative estimate of drug-likeness (QED) is 0.343. The van der Waals surface area contributed by atoms with Crippen molar-refractivity contribution in [2.24, 2.45) is 5.10 Å². The number of nitrogens with one attached hydrogen (secondary N) is 2. The first-order valence-electron chi connectivity index (χ1n) is 8.49. The molecular weight excluding hydrogens is 416 g/mol. The Morgan fingerprint density at radius 1 is 1.17 bits per heavy atom. The largest absolute Gasteiger partial charge is 0.497 e. The number of hydrazone groups is 1. The van der Waals surface area contributed by atoms with E-state index in [1.807, 2.05) is 0 Å². The normalized spacial score (nSPS) is 12.4. The molecule has 2 rings (SSSR count). The van der Waals surface area contributed by atoms with Gasteiger partial charge in [-0.05, 0) is 37.3 Å². The highest BCUT2D eigenvalue weighted by molar-refractivity contribution is 7.89. The molecule has 1 amide bonds. The van der Waals surface area contributed by atoms with Gasteiger partial charge in [0.15, 0.2) is 0 Å². The van der Waals surface area contributed by atoms with Crippen LogP contribution in [-0.2, 0) is 14.8 Å². The summed E-state index contributed by atoms with van der Waals surface area (Å²) in [5.74, 6) is 0.354. The van der Waals surface area contributed by atoms with E-state index in [2.05, 4.69) is 15.2 Å². The Labute approximate surface area is 172 Å². The van der Waals surface area contributed by atoms with Crippen molar-refractivity contribution >= 4 is 27.8 Å². The predicted molar refractivity (Wildman–Crippen MR) is 108 cm³/mol. The highest BCUT2D eigenvalue weighted by atomic mass is 32.2. The third kappa shape index (κ3) is 5.75. The molecule has 0 aliphatic carbocycles. The second-order valence-corrected chi connectivity index (χ2v) is 7.65. The van der Waals surface area contributed by atoms with E-state index in [1.54, 1.807) is 18.2 Å². The van der Waals surface area contributed by atoms with E-state index in [0.717, 1.165) is 24.3 Å². The molecule has 0 aliphatic heterocycles. The number of nitro groups is 1. The predicted octanol–water partition coefficient (Wildman–Crippen LogP) is 1.43. The number of nitrogens with zero attached hydrogens (tertiary/aromatic N) is 2. The number of methoxy groups -OCH3 is 2. The fourth-order valence-corrected chi connectivity index (χ4v) is 3.51. The lowest BCUT2D eigenvalue weighted by molar-refractivity contribution is -0.384. The summed E-state index contributed by atoms with van der Waals surface area (Å²) in [5, 5.41) is 14.5. The third-order valence-electron chi connectivity index (χ3n) is 3.90. The topological polar surface area (TPSA) is 149 Å². The van der Waals surface area contributed by atoms with Gasteiger partial charge < -0.3 is 9.47 Å². The Morgan fingerprint density at radius 2 is 1.83 bits per heavy atom. The summed E-state index contributed by atoms with van der Waals surface area (Å²) >= 11 is 0. The molecule has 0 heterocycles. The van der Waals surface area contributed by atoms with Crippen LogP contribution < -0.4 is 19.6 Å². The van der Waals surface area contributed by atoms with Crippen LogP contribution in [0.4, 0.5) is 5.69 Å². The van der Waals surface area contributed by atoms with Crippen molar-refractivity contribution in [2.75, 3.05) is 14.2 Å². The maximum Gasteiger partial charge on any atom is 0.269 e. The van der Waals surface area contributed by atoms with Crippen LogP contribution in [0.25, 0.3) is 0 Å². The van der Waals surface area contributed by atoms with Crippen molar-refractivity contribution < 1.29 is 27.6 Å². The lowest BCUT2D eigenvalue weighted by Gasteiger charge is -2.12. The van der Waals surface area contributed by atoms with Gasteiger partial charge in [0.1, 0.15) is 11.5 Å². The van der Waals surface area contributed by atoms with Crippen LogP contribution in [0.2, 0.25) is 0 Å². The summed E-state index contributed by atoms with van der Waals surface area (Å²) < 4.78 is 37.2. The van der Waals surface area contributed by atoms with Gasteiger partial charge in [0, 0.05) is 17.7 Å². The number of rotatable bonds is 9. The second kappa shape index (κ2) is 9.80. The zero-order chi connectivity index (χ0) is 22.3. The first-order chi connectivity index (χ1) is 14.2. The smallest absolute Gasteiger partial charge is 0.269 e. The molecule has 30 heavy (non-hydrogen) atoms. The van der Waals surface area contributed by atoms with Crippen LogP contribution in [-0.4, -0.2) is 45.7 Å². The minimum Gasteiger partial charge on any atom is -0.497 e. The molecule has 0 unspecified atom stereocenters. The number of non-ortho nitro benzene ring substituents is 1. The van der Waals surface area contributed by atoms with Gasteiger partial charge in [-0.25, -0.2) is 13.8 Å². The van der Waals surface area contributed by atoms with E-state index in [9.17, 15) is 23.3 Å². The van der Waals surface area contributed by atoms with Crippen molar-refractivity contribution in [1.82, 2.24) is 10.1 Å². The molecule has 0 aliphatic rings. The number of carbonyl (C=O) groups is 1. The van der Waals surface area contributed by atoms with Gasteiger partial charge in [-0.15, -0.1) is 0 Å². The second-order valence-electron chi connectivity index (χ2n) is 5.94. The van der Waals surface area contributed by atoms with E-state index in [-0.39, 0.29) is 10.6 Å². The minimum atomic E-state index is -4.07. The van der Waals surface area contributed by atoms with Crippen molar-refractivity contribution in [3.63, 3.8) is 0 Å². The van der Waals surface area contributed by atoms with Gasteiger partial charge in [0.2, 0.25) is 10.0 Å². The average Bonchev–Trinajstić information content (AvgIpc) is 2.73. The van der Waals surface area contributed by atoms with E-state index in [1.165, 1.54) is 27.4 Å². The van der Waals surface area contributed by atoms with Crippen molar-refractivity contribution in [3.8, 4) is 11.5 Å². The molecule has 0 aromatic heterocycles. The molecule has 2 N–H and O–H groups in total. The standard InChI is InChI=1S/C18H20N4O7S/c1-12(21-30(26,27)16-7-4-14(5-8-16)22(24)25)18(23)20-19-11-13-10-15(28-2)6-9-17(13)29-3/h4-12,21H,1-3H3,(H,20,23)/t12-/m1/s1. The van der Waals surface area contributed by atoms with Gasteiger partial charge >= 0.3 is 0 Å². The molecule has 11 nitrogen and oxygen atoms in total. The summed E-state index contributed by atoms with van der Waals surface area (Å²) in [6.07, 6.45) is 1.33. The Hall–Kier alpha value is -3.51. The first kappa shape index (κ1) is 22.8.